The van der Waals surface area contributed by atoms with Gasteiger partial charge < -0.3 is 53.5 Å². The zero-order valence-electron chi connectivity index (χ0n) is 35.7. The number of aliphatic hydroxyl groups is 3. The Labute approximate surface area is 353 Å². The highest BCUT2D eigenvalue weighted by Crippen LogP contribution is 2.64. The molecule has 11 unspecified atom stereocenters. The van der Waals surface area contributed by atoms with Crippen molar-refractivity contribution in [3.63, 3.8) is 0 Å². The summed E-state index contributed by atoms with van der Waals surface area (Å²) in [6, 6.07) is 9.15. The summed E-state index contributed by atoms with van der Waals surface area (Å²) in [5, 5.41) is 40.0. The van der Waals surface area contributed by atoms with E-state index in [4.69, 9.17) is 32.8 Å². The molecule has 3 fully saturated rings. The van der Waals surface area contributed by atoms with E-state index in [1.807, 2.05) is 0 Å². The lowest BCUT2D eigenvalue weighted by Crippen LogP contribution is -2.82. The number of furan rings is 1. The molecule has 4 aliphatic rings. The smallest absolute Gasteiger partial charge is 0.408 e. The van der Waals surface area contributed by atoms with Crippen molar-refractivity contribution in [2.75, 3.05) is 6.61 Å². The van der Waals surface area contributed by atoms with Crippen LogP contribution in [0.5, 0.6) is 0 Å². The van der Waals surface area contributed by atoms with Crippen molar-refractivity contribution >= 4 is 35.8 Å². The summed E-state index contributed by atoms with van der Waals surface area (Å²) in [6.45, 7) is 13.2. The Hall–Kier alpha value is -5.10. The van der Waals surface area contributed by atoms with Gasteiger partial charge in [0, 0.05) is 31.6 Å². The monoisotopic (exact) mass is 853 g/mol. The van der Waals surface area contributed by atoms with Crippen LogP contribution in [0, 0.1) is 16.7 Å². The molecule has 1 aliphatic heterocycles. The molecule has 1 aromatic heterocycles. The Balaban J connectivity index is 1.52. The maximum Gasteiger partial charge on any atom is 0.408 e. The Kier molecular flexibility index (Phi) is 12.1. The molecule has 17 heteroatoms. The molecule has 3 aliphatic carbocycles. The maximum absolute atomic E-state index is 15.3. The van der Waals surface area contributed by atoms with Crippen LogP contribution < -0.4 is 5.32 Å². The molecule has 2 heterocycles. The summed E-state index contributed by atoms with van der Waals surface area (Å²) >= 11 is 0. The number of fused-ring (bicyclic) bond motifs is 5. The number of benzene rings is 1. The molecular weight excluding hydrogens is 798 g/mol. The van der Waals surface area contributed by atoms with Gasteiger partial charge in [-0.1, -0.05) is 39.0 Å². The van der Waals surface area contributed by atoms with E-state index < -0.39 is 118 Å². The van der Waals surface area contributed by atoms with Gasteiger partial charge in [0.1, 0.15) is 53.5 Å². The zero-order valence-corrected chi connectivity index (χ0v) is 35.7. The first kappa shape index (κ1) is 45.4. The molecular formula is C44H55NO16. The number of carbonyl (C=O) groups excluding carboxylic acids is 6. The molecule has 1 saturated heterocycles. The number of aliphatic hydroxyl groups excluding tert-OH is 2. The highest BCUT2D eigenvalue weighted by atomic mass is 16.6. The van der Waals surface area contributed by atoms with Gasteiger partial charge in [0.15, 0.2) is 17.5 Å². The van der Waals surface area contributed by atoms with E-state index in [0.29, 0.717) is 0 Å². The lowest BCUT2D eigenvalue weighted by Gasteiger charge is -2.67. The number of amides is 1. The number of rotatable bonds is 10. The van der Waals surface area contributed by atoms with Gasteiger partial charge >= 0.3 is 30.0 Å². The van der Waals surface area contributed by atoms with Crippen LogP contribution in [-0.4, -0.2) is 111 Å². The van der Waals surface area contributed by atoms with Crippen LogP contribution in [0.4, 0.5) is 4.79 Å². The van der Waals surface area contributed by atoms with Crippen LogP contribution in [0.3, 0.4) is 0 Å². The van der Waals surface area contributed by atoms with Gasteiger partial charge in [-0.2, -0.15) is 0 Å². The average molecular weight is 854 g/mol. The Morgan fingerprint density at radius 2 is 1.67 bits per heavy atom. The summed E-state index contributed by atoms with van der Waals surface area (Å²) in [5.41, 5.74) is -8.76. The van der Waals surface area contributed by atoms with Gasteiger partial charge in [0.2, 0.25) is 0 Å². The fourth-order valence-corrected chi connectivity index (χ4v) is 9.72. The molecule has 61 heavy (non-hydrogen) atoms. The molecule has 332 valence electrons. The fraction of sp³-hybridized carbons (Fsp3) is 0.591. The average Bonchev–Trinajstić information content (AvgIpc) is 3.72. The molecule has 6 rings (SSSR count). The van der Waals surface area contributed by atoms with Crippen LogP contribution in [0.15, 0.2) is 64.3 Å². The SMILES string of the molecule is CCC(=O)OC1CC2OCC2(OC(C)=O)C2C(OC(=O)c3ccccc3)C3(O)CC(OC(=O)C(O)C(NC(=O)OC(C)(C)C)c4ccco4)C(C)=C(C(O)C(=O)C12C)C3(C)C. The third-order valence-electron chi connectivity index (χ3n) is 12.8. The van der Waals surface area contributed by atoms with E-state index in [1.165, 1.54) is 58.2 Å². The molecule has 0 spiro atoms. The minimum atomic E-state index is -2.41. The van der Waals surface area contributed by atoms with Crippen LogP contribution in [0.1, 0.15) is 104 Å². The van der Waals surface area contributed by atoms with Crippen LogP contribution in [-0.2, 0) is 47.6 Å². The minimum Gasteiger partial charge on any atom is -0.467 e. The molecule has 2 saturated carbocycles. The van der Waals surface area contributed by atoms with E-state index in [2.05, 4.69) is 5.32 Å². The van der Waals surface area contributed by atoms with Gasteiger partial charge in [-0.3, -0.25) is 14.4 Å². The summed E-state index contributed by atoms with van der Waals surface area (Å²) < 4.78 is 41.1. The predicted octanol–water partition coefficient (Wildman–Crippen LogP) is 3.81. The largest absolute Gasteiger partial charge is 0.467 e. The van der Waals surface area contributed by atoms with Crippen molar-refractivity contribution in [1.29, 1.82) is 0 Å². The van der Waals surface area contributed by atoms with E-state index in [9.17, 15) is 39.3 Å². The lowest BCUT2D eigenvalue weighted by atomic mass is 9.44. The number of ketones is 1. The van der Waals surface area contributed by atoms with Crippen molar-refractivity contribution in [2.45, 2.75) is 141 Å². The molecule has 1 aromatic carbocycles. The van der Waals surface area contributed by atoms with Gasteiger partial charge in [0.05, 0.1) is 29.8 Å². The number of carbonyl (C=O) groups is 6. The van der Waals surface area contributed by atoms with E-state index in [0.717, 1.165) is 6.92 Å². The number of Topliss-reactive ketones (excluding diaryl/α,β-unsaturated/α-hetero) is 1. The zero-order chi connectivity index (χ0) is 45.0. The van der Waals surface area contributed by atoms with Crippen LogP contribution in [0.25, 0.3) is 0 Å². The number of nitrogens with one attached hydrogen (secondary N) is 1. The molecule has 2 aromatic rings. The van der Waals surface area contributed by atoms with Gasteiger partial charge in [-0.25, -0.2) is 14.4 Å². The van der Waals surface area contributed by atoms with Crippen LogP contribution in [0.2, 0.25) is 0 Å². The lowest BCUT2D eigenvalue weighted by molar-refractivity contribution is -0.346. The van der Waals surface area contributed by atoms with Gasteiger partial charge in [-0.15, -0.1) is 0 Å². The Morgan fingerprint density at radius 1 is 1.00 bits per heavy atom. The van der Waals surface area contributed by atoms with Crippen molar-refractivity contribution in [3.05, 3.63) is 71.2 Å². The molecule has 2 bridgehead atoms. The Bertz CT molecular complexity index is 2070. The number of alkyl carbamates (subject to hydrolysis) is 1. The first-order valence-corrected chi connectivity index (χ1v) is 20.3. The van der Waals surface area contributed by atoms with Crippen molar-refractivity contribution in [2.24, 2.45) is 16.7 Å². The van der Waals surface area contributed by atoms with Gasteiger partial charge in [0.25, 0.3) is 0 Å². The first-order valence-electron chi connectivity index (χ1n) is 20.3. The topological polar surface area (TPSA) is 244 Å². The van der Waals surface area contributed by atoms with Crippen molar-refractivity contribution < 1.29 is 76.9 Å². The molecule has 11 atom stereocenters. The fourth-order valence-electron chi connectivity index (χ4n) is 9.72. The van der Waals surface area contributed by atoms with E-state index in [-0.39, 0.29) is 41.9 Å². The summed E-state index contributed by atoms with van der Waals surface area (Å²) in [6.07, 6.45) is -10.5. The highest BCUT2D eigenvalue weighted by molar-refractivity contribution is 5.94. The Morgan fingerprint density at radius 3 is 2.23 bits per heavy atom. The number of ether oxygens (including phenoxy) is 6. The molecule has 17 nitrogen and oxygen atoms in total. The normalized spacial score (nSPS) is 32.6. The third-order valence-corrected chi connectivity index (χ3v) is 12.8. The van der Waals surface area contributed by atoms with Crippen molar-refractivity contribution in [3.8, 4) is 0 Å². The van der Waals surface area contributed by atoms with Gasteiger partial charge in [-0.05, 0) is 70.0 Å². The minimum absolute atomic E-state index is 0.0317. The quantitative estimate of drug-likeness (QED) is 0.151. The number of hydrogen-bond donors (Lipinski definition) is 4. The molecule has 0 radical (unpaired) electrons. The van der Waals surface area contributed by atoms with E-state index in [1.54, 1.807) is 45.9 Å². The maximum atomic E-state index is 15.3. The number of esters is 4. The molecule has 4 N–H and O–H groups in total. The second-order valence-electron chi connectivity index (χ2n) is 18.0. The second-order valence-corrected chi connectivity index (χ2v) is 18.0. The highest BCUT2D eigenvalue weighted by Gasteiger charge is 2.78. The third kappa shape index (κ3) is 7.85. The summed E-state index contributed by atoms with van der Waals surface area (Å²) in [5.74, 6) is -6.25. The molecule has 1 amide bonds. The summed E-state index contributed by atoms with van der Waals surface area (Å²) in [7, 11) is 0. The van der Waals surface area contributed by atoms with E-state index >= 15 is 4.79 Å². The van der Waals surface area contributed by atoms with Crippen LogP contribution >= 0.6 is 0 Å². The standard InChI is InChI=1S/C44H55NO16/c1-10-29(47)58-27-19-28-43(21-56-28,60-23(3)46)34-36(59-37(51)24-15-12-11-13-16-24)44(54)20-26(22(2)30(41(44,7)8)32(48)35(50)42(27,34)9)57-38(52)33(49)31(25-17-14-18-55-25)45-39(53)61-40(4,5)6/h11-18,26-28,31-34,36,48-49,54H,10,19-21H2,1-9H3,(H,45,53). The number of hydrogen-bond acceptors (Lipinski definition) is 16. The first-order chi connectivity index (χ1) is 28.4. The van der Waals surface area contributed by atoms with Crippen molar-refractivity contribution in [1.82, 2.24) is 5.32 Å². The predicted molar refractivity (Wildman–Crippen MR) is 210 cm³/mol. The summed E-state index contributed by atoms with van der Waals surface area (Å²) in [4.78, 5) is 82.6. The second kappa shape index (κ2) is 16.3.